The van der Waals surface area contributed by atoms with Crippen molar-refractivity contribution in [1.29, 1.82) is 0 Å². The Labute approximate surface area is 114 Å². The van der Waals surface area contributed by atoms with Crippen molar-refractivity contribution in [3.8, 4) is 0 Å². The predicted octanol–water partition coefficient (Wildman–Crippen LogP) is 4.38. The minimum Gasteiger partial charge on any atom is -0.300 e. The Bertz CT molecular complexity index is 199. The second-order valence-corrected chi connectivity index (χ2v) is 6.29. The largest absolute Gasteiger partial charge is 0.300 e. The average Bonchev–Trinajstić information content (AvgIpc) is 2.33. The molecule has 1 unspecified atom stereocenters. The Morgan fingerprint density at radius 3 is 2.29 bits per heavy atom. The van der Waals surface area contributed by atoms with Gasteiger partial charge in [-0.2, -0.15) is 12.6 Å². The fourth-order valence-electron chi connectivity index (χ4n) is 3.38. The molecule has 0 radical (unpaired) electrons. The lowest BCUT2D eigenvalue weighted by Gasteiger charge is -2.42. The lowest BCUT2D eigenvalue weighted by Crippen LogP contribution is -2.45. The van der Waals surface area contributed by atoms with Crippen LogP contribution in [-0.2, 0) is 0 Å². The molecule has 0 spiro atoms. The number of thiol groups is 1. The van der Waals surface area contributed by atoms with Crippen molar-refractivity contribution in [3.05, 3.63) is 0 Å². The molecule has 17 heavy (non-hydrogen) atoms. The molecule has 1 nitrogen and oxygen atoms in total. The van der Waals surface area contributed by atoms with Crippen LogP contribution >= 0.6 is 12.6 Å². The van der Waals surface area contributed by atoms with Gasteiger partial charge in [-0.15, -0.1) is 0 Å². The molecule has 102 valence electrons. The second-order valence-electron chi connectivity index (χ2n) is 5.97. The number of likely N-dealkylation sites (tertiary alicyclic amines) is 1. The van der Waals surface area contributed by atoms with Crippen molar-refractivity contribution in [3.63, 3.8) is 0 Å². The summed E-state index contributed by atoms with van der Waals surface area (Å²) in [6, 6.07) is 0.789. The second kappa shape index (κ2) is 7.68. The third-order valence-corrected chi connectivity index (χ3v) is 5.05. The first-order valence-electron chi connectivity index (χ1n) is 7.52. The summed E-state index contributed by atoms with van der Waals surface area (Å²) in [5, 5.41) is 0. The van der Waals surface area contributed by atoms with Crippen molar-refractivity contribution >= 4 is 12.6 Å². The van der Waals surface area contributed by atoms with E-state index in [4.69, 9.17) is 0 Å². The normalized spacial score (nSPS) is 22.9. The zero-order chi connectivity index (χ0) is 12.7. The Balaban J connectivity index is 2.62. The van der Waals surface area contributed by atoms with Gasteiger partial charge in [0.1, 0.15) is 0 Å². The third kappa shape index (κ3) is 4.48. The quantitative estimate of drug-likeness (QED) is 0.663. The zero-order valence-electron chi connectivity index (χ0n) is 12.0. The van der Waals surface area contributed by atoms with E-state index in [1.807, 2.05) is 0 Å². The summed E-state index contributed by atoms with van der Waals surface area (Å²) < 4.78 is 0. The maximum Gasteiger partial charge on any atom is 0.00671 e. The van der Waals surface area contributed by atoms with Gasteiger partial charge in [0.2, 0.25) is 0 Å². The van der Waals surface area contributed by atoms with Crippen molar-refractivity contribution in [1.82, 2.24) is 4.90 Å². The molecule has 1 aliphatic rings. The smallest absolute Gasteiger partial charge is 0.00671 e. The Morgan fingerprint density at radius 1 is 1.18 bits per heavy atom. The Hall–Kier alpha value is 0.310. The lowest BCUT2D eigenvalue weighted by atomic mass is 9.79. The van der Waals surface area contributed by atoms with Gasteiger partial charge in [0, 0.05) is 12.6 Å². The number of nitrogens with zero attached hydrogens (tertiary/aromatic N) is 1. The van der Waals surface area contributed by atoms with Crippen LogP contribution in [0.1, 0.15) is 65.7 Å². The summed E-state index contributed by atoms with van der Waals surface area (Å²) in [4.78, 5) is 2.73. The summed E-state index contributed by atoms with van der Waals surface area (Å²) in [5.74, 6) is 1.05. The van der Waals surface area contributed by atoms with Crippen LogP contribution in [0.25, 0.3) is 0 Å². The van der Waals surface area contributed by atoms with Crippen LogP contribution in [0.15, 0.2) is 0 Å². The minimum absolute atomic E-state index is 0.470. The van der Waals surface area contributed by atoms with Crippen LogP contribution < -0.4 is 0 Å². The van der Waals surface area contributed by atoms with Gasteiger partial charge in [-0.1, -0.05) is 33.1 Å². The first-order valence-corrected chi connectivity index (χ1v) is 8.15. The Kier molecular flexibility index (Phi) is 6.94. The van der Waals surface area contributed by atoms with E-state index >= 15 is 0 Å². The molecule has 1 saturated heterocycles. The van der Waals surface area contributed by atoms with E-state index in [1.54, 1.807) is 0 Å². The van der Waals surface area contributed by atoms with Crippen molar-refractivity contribution in [2.75, 3.05) is 18.8 Å². The molecule has 1 atom stereocenters. The molecule has 1 aliphatic heterocycles. The number of piperidine rings is 1. The number of hydrogen-bond donors (Lipinski definition) is 1. The SMILES string of the molecule is CCCC(CS)(CCC)CN1CCCCC1C. The fraction of sp³-hybridized carbons (Fsp3) is 1.00. The van der Waals surface area contributed by atoms with Gasteiger partial charge in [-0.25, -0.2) is 0 Å². The highest BCUT2D eigenvalue weighted by molar-refractivity contribution is 7.80. The lowest BCUT2D eigenvalue weighted by molar-refractivity contribution is 0.0879. The molecule has 0 N–H and O–H groups in total. The van der Waals surface area contributed by atoms with Gasteiger partial charge >= 0.3 is 0 Å². The Morgan fingerprint density at radius 2 is 1.82 bits per heavy atom. The van der Waals surface area contributed by atoms with Gasteiger partial charge in [0.25, 0.3) is 0 Å². The van der Waals surface area contributed by atoms with Crippen LogP contribution in [0.3, 0.4) is 0 Å². The molecule has 0 aromatic carbocycles. The van der Waals surface area contributed by atoms with E-state index in [9.17, 15) is 0 Å². The van der Waals surface area contributed by atoms with Crippen molar-refractivity contribution < 1.29 is 0 Å². The van der Waals surface area contributed by atoms with Gasteiger partial charge in [0.15, 0.2) is 0 Å². The van der Waals surface area contributed by atoms with Gasteiger partial charge in [-0.05, 0) is 50.3 Å². The number of hydrogen-bond acceptors (Lipinski definition) is 2. The molecule has 0 aromatic rings. The molecule has 1 heterocycles. The highest BCUT2D eigenvalue weighted by Gasteiger charge is 2.31. The van der Waals surface area contributed by atoms with Gasteiger partial charge in [0.05, 0.1) is 0 Å². The molecule has 0 saturated carbocycles. The van der Waals surface area contributed by atoms with E-state index < -0.39 is 0 Å². The molecule has 2 heteroatoms. The van der Waals surface area contributed by atoms with E-state index in [1.165, 1.54) is 58.0 Å². The summed E-state index contributed by atoms with van der Waals surface area (Å²) in [7, 11) is 0. The highest BCUT2D eigenvalue weighted by Crippen LogP contribution is 2.34. The first kappa shape index (κ1) is 15.4. The van der Waals surface area contributed by atoms with E-state index in [0.29, 0.717) is 5.41 Å². The molecule has 0 aliphatic carbocycles. The predicted molar refractivity (Wildman–Crippen MR) is 81.0 cm³/mol. The van der Waals surface area contributed by atoms with Crippen LogP contribution in [-0.4, -0.2) is 29.8 Å². The highest BCUT2D eigenvalue weighted by atomic mass is 32.1. The molecule has 0 amide bonds. The van der Waals surface area contributed by atoms with Gasteiger partial charge < -0.3 is 4.90 Å². The molecular weight excluding hydrogens is 226 g/mol. The van der Waals surface area contributed by atoms with Gasteiger partial charge in [-0.3, -0.25) is 0 Å². The van der Waals surface area contributed by atoms with Crippen LogP contribution in [0.5, 0.6) is 0 Å². The monoisotopic (exact) mass is 257 g/mol. The number of rotatable bonds is 7. The molecule has 1 fully saturated rings. The summed E-state index contributed by atoms with van der Waals surface area (Å²) in [6.45, 7) is 9.62. The fourth-order valence-corrected chi connectivity index (χ4v) is 3.79. The minimum atomic E-state index is 0.470. The molecular formula is C15H31NS. The summed E-state index contributed by atoms with van der Waals surface area (Å²) >= 11 is 4.67. The first-order chi connectivity index (χ1) is 8.17. The van der Waals surface area contributed by atoms with E-state index in [-0.39, 0.29) is 0 Å². The molecule has 0 aromatic heterocycles. The molecule has 1 rings (SSSR count). The van der Waals surface area contributed by atoms with E-state index in [2.05, 4.69) is 38.3 Å². The standard InChI is InChI=1S/C15H31NS/c1-4-9-15(13-17,10-5-2)12-16-11-7-6-8-14(16)3/h14,17H,4-13H2,1-3H3. The van der Waals surface area contributed by atoms with E-state index in [0.717, 1.165) is 11.8 Å². The maximum atomic E-state index is 4.67. The summed E-state index contributed by atoms with van der Waals surface area (Å²) in [5.41, 5.74) is 0.470. The zero-order valence-corrected chi connectivity index (χ0v) is 12.9. The van der Waals surface area contributed by atoms with Crippen LogP contribution in [0.4, 0.5) is 0 Å². The average molecular weight is 257 g/mol. The van der Waals surface area contributed by atoms with Crippen LogP contribution in [0.2, 0.25) is 0 Å². The van der Waals surface area contributed by atoms with Crippen molar-refractivity contribution in [2.24, 2.45) is 5.41 Å². The topological polar surface area (TPSA) is 3.24 Å². The molecule has 0 bridgehead atoms. The van der Waals surface area contributed by atoms with Crippen LogP contribution in [0, 0.1) is 5.41 Å². The summed E-state index contributed by atoms with van der Waals surface area (Å²) in [6.07, 6.45) is 9.48. The maximum absolute atomic E-state index is 4.67. The van der Waals surface area contributed by atoms with Crippen molar-refractivity contribution in [2.45, 2.75) is 71.8 Å². The third-order valence-electron chi connectivity index (χ3n) is 4.38.